The third-order valence-electron chi connectivity index (χ3n) is 2.93. The lowest BCUT2D eigenvalue weighted by Gasteiger charge is -2.02. The predicted molar refractivity (Wildman–Crippen MR) is 66.3 cm³/mol. The Morgan fingerprint density at radius 2 is 2.32 bits per heavy atom. The fourth-order valence-electron chi connectivity index (χ4n) is 1.77. The molecular formula is C12H14N6O. The molecule has 7 heteroatoms. The number of aromatic amines is 1. The highest BCUT2D eigenvalue weighted by Crippen LogP contribution is 2.37. The molecule has 19 heavy (non-hydrogen) atoms. The molecule has 3 rings (SSSR count). The van der Waals surface area contributed by atoms with E-state index in [4.69, 9.17) is 0 Å². The number of carbonyl (C=O) groups excluding carboxylic acids is 1. The fraction of sp³-hybridized carbons (Fsp3) is 0.417. The summed E-state index contributed by atoms with van der Waals surface area (Å²) in [4.78, 5) is 24.3. The summed E-state index contributed by atoms with van der Waals surface area (Å²) in [5.41, 5.74) is 0.763. The normalized spacial score (nSPS) is 14.4. The molecule has 0 saturated heterocycles. The lowest BCUT2D eigenvalue weighted by Crippen LogP contribution is -2.24. The standard InChI is InChI=1S/C12H14N6O/c1-7-13-5-4-9(15-7)6-14-12(19)11-16-10(17-18-11)8-2-3-8/h4-5,8H,2-3,6H2,1H3,(H,14,19)(H,16,17,18). The minimum atomic E-state index is -0.292. The van der Waals surface area contributed by atoms with Crippen molar-refractivity contribution in [3.8, 4) is 0 Å². The van der Waals surface area contributed by atoms with E-state index in [-0.39, 0.29) is 11.7 Å². The zero-order chi connectivity index (χ0) is 13.2. The summed E-state index contributed by atoms with van der Waals surface area (Å²) in [5, 5.41) is 9.48. The van der Waals surface area contributed by atoms with Gasteiger partial charge < -0.3 is 5.32 Å². The monoisotopic (exact) mass is 258 g/mol. The zero-order valence-electron chi connectivity index (χ0n) is 10.6. The van der Waals surface area contributed by atoms with E-state index in [2.05, 4.69) is 30.5 Å². The lowest BCUT2D eigenvalue weighted by atomic mass is 10.4. The molecule has 1 aliphatic carbocycles. The van der Waals surface area contributed by atoms with Crippen molar-refractivity contribution in [2.24, 2.45) is 0 Å². The number of aryl methyl sites for hydroxylation is 1. The second-order valence-electron chi connectivity index (χ2n) is 4.60. The highest BCUT2D eigenvalue weighted by Gasteiger charge is 2.28. The largest absolute Gasteiger partial charge is 0.344 e. The van der Waals surface area contributed by atoms with Crippen molar-refractivity contribution >= 4 is 5.91 Å². The molecule has 0 radical (unpaired) electrons. The van der Waals surface area contributed by atoms with E-state index >= 15 is 0 Å². The summed E-state index contributed by atoms with van der Waals surface area (Å²) in [6.07, 6.45) is 3.91. The molecule has 0 aromatic carbocycles. The molecule has 0 spiro atoms. The number of amides is 1. The maximum absolute atomic E-state index is 11.9. The van der Waals surface area contributed by atoms with Crippen LogP contribution in [0.2, 0.25) is 0 Å². The van der Waals surface area contributed by atoms with Gasteiger partial charge in [-0.2, -0.15) is 0 Å². The minimum Gasteiger partial charge on any atom is -0.344 e. The highest BCUT2D eigenvalue weighted by molar-refractivity contribution is 5.90. The Morgan fingerprint density at radius 1 is 1.47 bits per heavy atom. The lowest BCUT2D eigenvalue weighted by molar-refractivity contribution is 0.0940. The quantitative estimate of drug-likeness (QED) is 0.841. The van der Waals surface area contributed by atoms with E-state index in [0.29, 0.717) is 18.3 Å². The molecule has 0 aliphatic heterocycles. The van der Waals surface area contributed by atoms with Crippen molar-refractivity contribution in [1.82, 2.24) is 30.5 Å². The van der Waals surface area contributed by atoms with Crippen molar-refractivity contribution in [2.75, 3.05) is 0 Å². The van der Waals surface area contributed by atoms with Crippen LogP contribution in [0.25, 0.3) is 0 Å². The van der Waals surface area contributed by atoms with Gasteiger partial charge in [0.2, 0.25) is 5.82 Å². The van der Waals surface area contributed by atoms with Gasteiger partial charge >= 0.3 is 0 Å². The third-order valence-corrected chi connectivity index (χ3v) is 2.93. The van der Waals surface area contributed by atoms with Crippen LogP contribution >= 0.6 is 0 Å². The Balaban J connectivity index is 1.61. The van der Waals surface area contributed by atoms with Crippen LogP contribution in [0.3, 0.4) is 0 Å². The number of hydrogen-bond donors (Lipinski definition) is 2. The minimum absolute atomic E-state index is 0.188. The molecular weight excluding hydrogens is 244 g/mol. The first-order valence-corrected chi connectivity index (χ1v) is 6.21. The van der Waals surface area contributed by atoms with Gasteiger partial charge in [0.25, 0.3) is 5.91 Å². The van der Waals surface area contributed by atoms with Crippen LogP contribution in [0.5, 0.6) is 0 Å². The van der Waals surface area contributed by atoms with Crippen molar-refractivity contribution in [3.05, 3.63) is 35.4 Å². The van der Waals surface area contributed by atoms with Gasteiger partial charge in [0, 0.05) is 12.1 Å². The summed E-state index contributed by atoms with van der Waals surface area (Å²) in [6, 6.07) is 1.76. The maximum atomic E-state index is 11.9. The second kappa shape index (κ2) is 4.75. The Labute approximate surface area is 109 Å². The average molecular weight is 258 g/mol. The first-order valence-electron chi connectivity index (χ1n) is 6.21. The topological polar surface area (TPSA) is 96.5 Å². The molecule has 2 heterocycles. The van der Waals surface area contributed by atoms with E-state index in [0.717, 1.165) is 24.4 Å². The summed E-state index contributed by atoms with van der Waals surface area (Å²) in [5.74, 6) is 1.84. The Kier molecular flexibility index (Phi) is 2.94. The number of nitrogens with one attached hydrogen (secondary N) is 2. The van der Waals surface area contributed by atoms with Crippen LogP contribution in [0.4, 0.5) is 0 Å². The molecule has 0 atom stereocenters. The fourth-order valence-corrected chi connectivity index (χ4v) is 1.77. The molecule has 98 valence electrons. The van der Waals surface area contributed by atoms with Crippen LogP contribution in [-0.2, 0) is 6.54 Å². The Bertz CT molecular complexity index is 604. The maximum Gasteiger partial charge on any atom is 0.291 e. The second-order valence-corrected chi connectivity index (χ2v) is 4.60. The smallest absolute Gasteiger partial charge is 0.291 e. The molecule has 2 aromatic heterocycles. The van der Waals surface area contributed by atoms with Gasteiger partial charge in [-0.1, -0.05) is 0 Å². The number of nitrogens with zero attached hydrogens (tertiary/aromatic N) is 4. The third kappa shape index (κ3) is 2.75. The molecule has 1 fully saturated rings. The van der Waals surface area contributed by atoms with E-state index in [9.17, 15) is 4.79 Å². The predicted octanol–water partition coefficient (Wildman–Crippen LogP) is 0.711. The van der Waals surface area contributed by atoms with Crippen LogP contribution < -0.4 is 5.32 Å². The van der Waals surface area contributed by atoms with Crippen LogP contribution in [0, 0.1) is 6.92 Å². The molecule has 2 N–H and O–H groups in total. The van der Waals surface area contributed by atoms with Gasteiger partial charge in [0.15, 0.2) is 0 Å². The average Bonchev–Trinajstić information content (AvgIpc) is 3.14. The SMILES string of the molecule is Cc1nccc(CNC(=O)c2n[nH]c(C3CC3)n2)n1. The summed E-state index contributed by atoms with van der Waals surface area (Å²) < 4.78 is 0. The van der Waals surface area contributed by atoms with Crippen molar-refractivity contribution in [3.63, 3.8) is 0 Å². The molecule has 7 nitrogen and oxygen atoms in total. The van der Waals surface area contributed by atoms with Gasteiger partial charge in [-0.25, -0.2) is 15.0 Å². The molecule has 0 bridgehead atoms. The van der Waals surface area contributed by atoms with Gasteiger partial charge in [-0.3, -0.25) is 9.89 Å². The van der Waals surface area contributed by atoms with Crippen molar-refractivity contribution in [2.45, 2.75) is 32.2 Å². The first-order chi connectivity index (χ1) is 9.22. The van der Waals surface area contributed by atoms with Crippen LogP contribution in [-0.4, -0.2) is 31.1 Å². The molecule has 1 amide bonds. The molecule has 0 unspecified atom stereocenters. The Morgan fingerprint density at radius 3 is 3.05 bits per heavy atom. The molecule has 1 aliphatic rings. The number of aromatic nitrogens is 5. The number of H-pyrrole nitrogens is 1. The summed E-state index contributed by atoms with van der Waals surface area (Å²) in [6.45, 7) is 2.15. The van der Waals surface area contributed by atoms with Crippen molar-refractivity contribution in [1.29, 1.82) is 0 Å². The molecule has 1 saturated carbocycles. The first kappa shape index (κ1) is 11.8. The number of hydrogen-bond acceptors (Lipinski definition) is 5. The van der Waals surface area contributed by atoms with Crippen molar-refractivity contribution < 1.29 is 4.79 Å². The van der Waals surface area contributed by atoms with E-state index in [1.165, 1.54) is 0 Å². The van der Waals surface area contributed by atoms with Gasteiger partial charge in [-0.05, 0) is 25.8 Å². The van der Waals surface area contributed by atoms with E-state index in [1.54, 1.807) is 12.3 Å². The highest BCUT2D eigenvalue weighted by atomic mass is 16.2. The van der Waals surface area contributed by atoms with Gasteiger partial charge in [0.1, 0.15) is 11.6 Å². The molecule has 2 aromatic rings. The zero-order valence-corrected chi connectivity index (χ0v) is 10.6. The Hall–Kier alpha value is -2.31. The van der Waals surface area contributed by atoms with Gasteiger partial charge in [-0.15, -0.1) is 5.10 Å². The van der Waals surface area contributed by atoms with E-state index in [1.807, 2.05) is 6.92 Å². The van der Waals surface area contributed by atoms with Crippen LogP contribution in [0.15, 0.2) is 12.3 Å². The number of rotatable bonds is 4. The van der Waals surface area contributed by atoms with Crippen LogP contribution in [0.1, 0.15) is 46.7 Å². The van der Waals surface area contributed by atoms with E-state index < -0.39 is 0 Å². The van der Waals surface area contributed by atoms with Gasteiger partial charge in [0.05, 0.1) is 12.2 Å². The summed E-state index contributed by atoms with van der Waals surface area (Å²) in [7, 11) is 0. The number of carbonyl (C=O) groups is 1. The summed E-state index contributed by atoms with van der Waals surface area (Å²) >= 11 is 0.